The number of rotatable bonds is 8. The summed E-state index contributed by atoms with van der Waals surface area (Å²) in [5.74, 6) is 0. The summed E-state index contributed by atoms with van der Waals surface area (Å²) < 4.78 is 92.2. The summed E-state index contributed by atoms with van der Waals surface area (Å²) in [7, 11) is -33.7. The van der Waals surface area contributed by atoms with Gasteiger partial charge in [-0.2, -0.15) is 0 Å². The lowest BCUT2D eigenvalue weighted by Gasteiger charge is -2.77. The summed E-state index contributed by atoms with van der Waals surface area (Å²) in [6.07, 6.45) is 0. The second-order valence-corrected chi connectivity index (χ2v) is 44.4. The van der Waals surface area contributed by atoms with Crippen LogP contribution in [0.5, 0.6) is 0 Å². The van der Waals surface area contributed by atoms with Gasteiger partial charge in [-0.3, -0.25) is 0 Å². The van der Waals surface area contributed by atoms with E-state index in [4.69, 9.17) is 46.8 Å². The summed E-state index contributed by atoms with van der Waals surface area (Å²) in [5.41, 5.74) is 0.785. The Kier molecular flexibility index (Phi) is 9.26. The summed E-state index contributed by atoms with van der Waals surface area (Å²) in [6, 6.07) is 81.4. The van der Waals surface area contributed by atoms with Crippen LogP contribution in [-0.4, -0.2) is 79.5 Å². The average Bonchev–Trinajstić information content (AvgIpc) is 3.56. The molecule has 9 saturated heterocycles. The van der Waals surface area contributed by atoms with Crippen molar-refractivity contribution in [2.45, 2.75) is 21.5 Å². The van der Waals surface area contributed by atoms with Crippen LogP contribution >= 0.6 is 0 Å². The Hall–Kier alpha value is -4.94. The van der Waals surface area contributed by atoms with Gasteiger partial charge in [-0.25, -0.2) is 0 Å². The third-order valence-electron chi connectivity index (χ3n) is 15.2. The van der Waals surface area contributed by atoms with E-state index in [1.807, 2.05) is 146 Å². The minimum Gasteiger partial charge on any atom is -0.406 e. The molecule has 0 amide bonds. The van der Waals surface area contributed by atoms with Crippen LogP contribution in [-0.2, 0) is 51.7 Å². The predicted octanol–water partition coefficient (Wildman–Crippen LogP) is 3.58. The normalized spacial score (nSPS) is 38.9. The van der Waals surface area contributed by atoms with Gasteiger partial charge in [0, 0.05) is 0 Å². The van der Waals surface area contributed by atoms with Crippen LogP contribution in [0.3, 0.4) is 0 Å². The number of hydrogen-bond donors (Lipinski definition) is 0. The molecule has 0 aromatic heterocycles. The molecular formula is C52H44O11Si8. The molecule has 4 bridgehead atoms. The lowest BCUT2D eigenvalue weighted by atomic mass is 10.2. The van der Waals surface area contributed by atoms with E-state index in [2.05, 4.69) is 104 Å². The Morgan fingerprint density at radius 1 is 0.310 bits per heavy atom. The van der Waals surface area contributed by atoms with E-state index in [1.165, 1.54) is 0 Å². The van der Waals surface area contributed by atoms with Crippen molar-refractivity contribution in [2.24, 2.45) is 0 Å². The van der Waals surface area contributed by atoms with Crippen LogP contribution in [0, 0.1) is 0 Å². The molecule has 9 fully saturated rings. The van der Waals surface area contributed by atoms with Gasteiger partial charge in [-0.1, -0.05) is 243 Å². The first-order valence-corrected chi connectivity index (χ1v) is 38.5. The van der Waals surface area contributed by atoms with Crippen molar-refractivity contribution in [3.05, 3.63) is 248 Å². The average molecular weight is 1070 g/mol. The zero-order valence-electron chi connectivity index (χ0n) is 38.2. The van der Waals surface area contributed by atoms with Gasteiger partial charge < -0.3 is 46.8 Å². The van der Waals surface area contributed by atoms with Crippen molar-refractivity contribution in [3.8, 4) is 0 Å². The summed E-state index contributed by atoms with van der Waals surface area (Å²) >= 11 is 0. The van der Waals surface area contributed by atoms with Gasteiger partial charge in [0.15, 0.2) is 4.85 Å². The van der Waals surface area contributed by atoms with E-state index in [1.54, 1.807) is 0 Å². The van der Waals surface area contributed by atoms with E-state index in [-0.39, 0.29) is 0 Å². The Morgan fingerprint density at radius 3 is 1.08 bits per heavy atom. The molecule has 0 N–H and O–H groups in total. The number of hydrogen-bond acceptors (Lipinski definition) is 11. The fourth-order valence-electron chi connectivity index (χ4n) is 12.1. The van der Waals surface area contributed by atoms with Crippen molar-refractivity contribution >= 4 is 106 Å². The smallest absolute Gasteiger partial charge is 0.406 e. The maximum Gasteiger partial charge on any atom is 0.536 e. The molecule has 0 radical (unpaired) electrons. The van der Waals surface area contributed by atoms with Crippen molar-refractivity contribution in [2.75, 3.05) is 0 Å². The van der Waals surface area contributed by atoms with E-state index >= 15 is 0 Å². The standard InChI is InChI=1S/C52H44O11Si8/c1-65(44-30-14-4-15-31-44)58-68(47-36-20-7-21-37-47)51-53-64(43-28-12-3-13-29-43)54-52-57-71(56-51)50(42-26-10-2-11-27-42,55-67(51,61-68)46-34-18-6-19-35-46)66(63-71,45-32-16-5-17-33-45)60-70(52,49-40-24-9-25-41-49)62-69(52,59-65)48-38-22-8-23-39-48/h2-41,64H,1H3/t50?,51?,52?,64?,65-,66?,67?,68?,69?,70?,71?/m1/s1. The first-order valence-electron chi connectivity index (χ1n) is 23.9. The van der Waals surface area contributed by atoms with E-state index in [9.17, 15) is 0 Å². The molecule has 0 saturated carbocycles. The molecular weight excluding hydrogens is 1030 g/mol. The monoisotopic (exact) mass is 1070 g/mol. The van der Waals surface area contributed by atoms with Gasteiger partial charge in [0.1, 0.15) is 0 Å². The molecule has 17 rings (SSSR count). The second kappa shape index (κ2) is 15.1. The number of fused-ring (bicyclic) bond motifs is 4. The highest BCUT2D eigenvalue weighted by Gasteiger charge is 3.09. The first-order chi connectivity index (χ1) is 34.8. The quantitative estimate of drug-likeness (QED) is 0.209. The maximum absolute atomic E-state index is 8.63. The highest BCUT2D eigenvalue weighted by atomic mass is 28.6. The van der Waals surface area contributed by atoms with E-state index in [0.717, 1.165) is 41.9 Å². The first kappa shape index (κ1) is 43.6. The molecule has 0 aliphatic carbocycles. The Bertz CT molecular complexity index is 3350. The lowest BCUT2D eigenvalue weighted by Crippen LogP contribution is -3.10. The van der Waals surface area contributed by atoms with Crippen LogP contribution < -0.4 is 36.3 Å². The van der Waals surface area contributed by atoms with Crippen molar-refractivity contribution < 1.29 is 46.8 Å². The van der Waals surface area contributed by atoms with Gasteiger partial charge in [0.25, 0.3) is 0 Å². The van der Waals surface area contributed by atoms with Crippen LogP contribution in [0.15, 0.2) is 243 Å². The highest BCUT2D eigenvalue weighted by Crippen LogP contribution is 2.73. The van der Waals surface area contributed by atoms with E-state index < -0.39 is 84.4 Å². The Labute approximate surface area is 419 Å². The molecule has 10 unspecified atom stereocenters. The fourth-order valence-corrected chi connectivity index (χ4v) is 65.3. The van der Waals surface area contributed by atoms with E-state index in [0.29, 0.717) is 0 Å². The molecule has 71 heavy (non-hydrogen) atoms. The molecule has 8 aromatic rings. The molecule has 350 valence electrons. The van der Waals surface area contributed by atoms with Crippen LogP contribution in [0.1, 0.15) is 5.56 Å². The minimum absolute atomic E-state index is 0.772. The van der Waals surface area contributed by atoms with Gasteiger partial charge in [-0.15, -0.1) is 0 Å². The highest BCUT2D eigenvalue weighted by molar-refractivity contribution is 7.25. The van der Waals surface area contributed by atoms with Crippen molar-refractivity contribution in [1.29, 1.82) is 0 Å². The molecule has 9 heterocycles. The van der Waals surface area contributed by atoms with Crippen molar-refractivity contribution in [3.63, 3.8) is 0 Å². The fraction of sp³-hybridized carbons (Fsp3) is 0.0769. The van der Waals surface area contributed by atoms with Gasteiger partial charge >= 0.3 is 69.5 Å². The van der Waals surface area contributed by atoms with Gasteiger partial charge in [-0.05, 0) is 48.4 Å². The molecule has 9 aliphatic rings. The van der Waals surface area contributed by atoms with Crippen molar-refractivity contribution in [1.82, 2.24) is 0 Å². The SMILES string of the molecule is C[Si@@]1(c2ccccc2)O[Si]2(c3ccccc3)O[Si]3(c4ccccc4)OC4(c5ccccc5)[Si]56OC32O[SiH](c2ccccc2)OC2(O5)[Si](c3ccccc3)(O[Si]4(c3ccccc3)O6)O[Si]2(c2ccccc2)O1. The zero-order valence-corrected chi connectivity index (χ0v) is 46.3. The van der Waals surface area contributed by atoms with Gasteiger partial charge in [0.2, 0.25) is 10.1 Å². The predicted molar refractivity (Wildman–Crippen MR) is 281 cm³/mol. The summed E-state index contributed by atoms with van der Waals surface area (Å²) in [5, 5.41) is 2.06. The molecule has 11 atom stereocenters. The Balaban J connectivity index is 1.17. The Morgan fingerprint density at radius 2 is 0.634 bits per heavy atom. The zero-order chi connectivity index (χ0) is 47.3. The molecule has 11 nitrogen and oxygen atoms in total. The minimum atomic E-state index is -4.65. The third kappa shape index (κ3) is 5.20. The van der Waals surface area contributed by atoms with Crippen LogP contribution in [0.4, 0.5) is 0 Å². The molecule has 8 aromatic carbocycles. The summed E-state index contributed by atoms with van der Waals surface area (Å²) in [6.45, 7) is 2.09. The molecule has 9 aliphatic heterocycles. The number of benzene rings is 8. The maximum atomic E-state index is 8.63. The molecule has 19 heteroatoms. The lowest BCUT2D eigenvalue weighted by molar-refractivity contribution is -0.228. The topological polar surface area (TPSA) is 102 Å². The summed E-state index contributed by atoms with van der Waals surface area (Å²) in [4.78, 5) is -1.53. The second-order valence-electron chi connectivity index (χ2n) is 19.0. The van der Waals surface area contributed by atoms with Gasteiger partial charge in [0.05, 0.1) is 0 Å². The largest absolute Gasteiger partial charge is 0.536 e. The third-order valence-corrected chi connectivity index (χ3v) is 55.2. The molecule has 3 spiro atoms. The van der Waals surface area contributed by atoms with Crippen LogP contribution in [0.25, 0.3) is 0 Å². The van der Waals surface area contributed by atoms with Crippen LogP contribution in [0.2, 0.25) is 6.55 Å².